The highest BCUT2D eigenvalue weighted by molar-refractivity contribution is 7.89. The zero-order valence-electron chi connectivity index (χ0n) is 20.2. The van der Waals surface area contributed by atoms with Crippen molar-refractivity contribution in [3.05, 3.63) is 92.5 Å². The molecular weight excluding hydrogens is 528 g/mol. The fraction of sp³-hybridized carbons (Fsp3) is 0.321. The summed E-state index contributed by atoms with van der Waals surface area (Å²) in [5.74, 6) is 0.760. The van der Waals surface area contributed by atoms with Crippen molar-refractivity contribution < 1.29 is 13.2 Å². The van der Waals surface area contributed by atoms with Gasteiger partial charge in [-0.3, -0.25) is 9.36 Å². The lowest BCUT2D eigenvalue weighted by molar-refractivity contribution is 0.0000751. The molecule has 1 aliphatic heterocycles. The van der Waals surface area contributed by atoms with Gasteiger partial charge in [-0.05, 0) is 67.6 Å². The van der Waals surface area contributed by atoms with Crippen LogP contribution in [0.4, 0.5) is 0 Å². The molecule has 2 aliphatic rings. The van der Waals surface area contributed by atoms with Gasteiger partial charge >= 0.3 is 4.87 Å². The van der Waals surface area contributed by atoms with E-state index in [1.54, 1.807) is 34.9 Å². The lowest BCUT2D eigenvalue weighted by Gasteiger charge is -2.44. The Morgan fingerprint density at radius 3 is 2.57 bits per heavy atom. The quantitative estimate of drug-likeness (QED) is 0.315. The Morgan fingerprint density at radius 2 is 1.78 bits per heavy atom. The molecular formula is C28H27ClN2O4S2. The lowest BCUT2D eigenvalue weighted by atomic mass is 9.77. The van der Waals surface area contributed by atoms with Crippen LogP contribution < -0.4 is 14.3 Å². The highest BCUT2D eigenvalue weighted by atomic mass is 35.5. The first-order chi connectivity index (χ1) is 17.8. The standard InChI is InChI=1S/C28H27ClN2O4S2/c29-20-10-8-19(9-11-20)18-31-24-13-12-21(16-26(24)36-27(31)32)37(33,34)30-23-17-28(14-4-1-5-15-28)35-25-7-3-2-6-22(23)25/h2-3,6-13,16,23,30H,1,4-5,14-15,17-18H2/t23-/m0/s1. The molecule has 9 heteroatoms. The predicted octanol–water partition coefficient (Wildman–Crippen LogP) is 6.27. The van der Waals surface area contributed by atoms with Gasteiger partial charge in [0.2, 0.25) is 10.0 Å². The molecule has 192 valence electrons. The van der Waals surface area contributed by atoms with Crippen LogP contribution in [-0.2, 0) is 16.6 Å². The molecule has 1 aromatic heterocycles. The van der Waals surface area contributed by atoms with Crippen molar-refractivity contribution >= 4 is 43.2 Å². The minimum absolute atomic E-state index is 0.134. The third kappa shape index (κ3) is 4.83. The average molecular weight is 555 g/mol. The van der Waals surface area contributed by atoms with Gasteiger partial charge < -0.3 is 4.74 Å². The summed E-state index contributed by atoms with van der Waals surface area (Å²) in [6.45, 7) is 0.390. The van der Waals surface area contributed by atoms with E-state index in [-0.39, 0.29) is 21.4 Å². The molecule has 0 unspecified atom stereocenters. The van der Waals surface area contributed by atoms with E-state index in [0.717, 1.165) is 53.9 Å². The van der Waals surface area contributed by atoms with Crippen molar-refractivity contribution in [2.75, 3.05) is 0 Å². The number of rotatable bonds is 5. The number of hydrogen-bond donors (Lipinski definition) is 1. The normalized spacial score (nSPS) is 19.0. The Kier molecular flexibility index (Phi) is 6.39. The van der Waals surface area contributed by atoms with Crippen molar-refractivity contribution in [1.29, 1.82) is 0 Å². The van der Waals surface area contributed by atoms with Crippen LogP contribution in [0.5, 0.6) is 5.75 Å². The van der Waals surface area contributed by atoms with Gasteiger partial charge in [0.25, 0.3) is 0 Å². The molecule has 3 aromatic carbocycles. The second-order valence-electron chi connectivity index (χ2n) is 9.97. The zero-order chi connectivity index (χ0) is 25.6. The summed E-state index contributed by atoms with van der Waals surface area (Å²) < 4.78 is 38.9. The summed E-state index contributed by atoms with van der Waals surface area (Å²) in [4.78, 5) is 12.8. The summed E-state index contributed by atoms with van der Waals surface area (Å²) >= 11 is 7.04. The van der Waals surface area contributed by atoms with E-state index in [9.17, 15) is 13.2 Å². The largest absolute Gasteiger partial charge is 0.487 e. The molecule has 4 aromatic rings. The van der Waals surface area contributed by atoms with Gasteiger partial charge in [-0.15, -0.1) is 0 Å². The van der Waals surface area contributed by atoms with Crippen molar-refractivity contribution in [2.45, 2.75) is 61.6 Å². The first-order valence-corrected chi connectivity index (χ1v) is 15.2. The number of aromatic nitrogens is 1. The van der Waals surface area contributed by atoms with E-state index in [1.807, 2.05) is 36.4 Å². The average Bonchev–Trinajstić information content (AvgIpc) is 3.19. The summed E-state index contributed by atoms with van der Waals surface area (Å²) in [6, 6.07) is 19.6. The summed E-state index contributed by atoms with van der Waals surface area (Å²) in [5, 5.41) is 0.634. The molecule has 0 radical (unpaired) electrons. The van der Waals surface area contributed by atoms with E-state index < -0.39 is 10.0 Å². The number of benzene rings is 3. The smallest absolute Gasteiger partial charge is 0.308 e. The van der Waals surface area contributed by atoms with Crippen LogP contribution in [0.3, 0.4) is 0 Å². The topological polar surface area (TPSA) is 77.4 Å². The van der Waals surface area contributed by atoms with Gasteiger partial charge in [-0.2, -0.15) is 0 Å². The molecule has 0 amide bonds. The Hall–Kier alpha value is -2.65. The van der Waals surface area contributed by atoms with E-state index in [4.69, 9.17) is 16.3 Å². The molecule has 1 atom stereocenters. The molecule has 1 fully saturated rings. The van der Waals surface area contributed by atoms with Crippen LogP contribution in [0.15, 0.2) is 76.4 Å². The SMILES string of the molecule is O=c1sc2cc(S(=O)(=O)N[C@H]3CC4(CCCCC4)Oc4ccccc43)ccc2n1Cc1ccc(Cl)cc1. The summed E-state index contributed by atoms with van der Waals surface area (Å²) in [6.07, 6.45) is 5.83. The second-order valence-corrected chi connectivity index (χ2v) is 13.1. The maximum Gasteiger partial charge on any atom is 0.308 e. The molecule has 6 nitrogen and oxygen atoms in total. The van der Waals surface area contributed by atoms with Gasteiger partial charge in [-0.25, -0.2) is 13.1 Å². The molecule has 6 rings (SSSR count). The molecule has 0 bridgehead atoms. The minimum atomic E-state index is -3.84. The number of ether oxygens (including phenoxy) is 1. The highest BCUT2D eigenvalue weighted by Gasteiger charge is 2.43. The van der Waals surface area contributed by atoms with E-state index in [2.05, 4.69) is 4.72 Å². The number of halogens is 1. The van der Waals surface area contributed by atoms with Crippen molar-refractivity contribution in [2.24, 2.45) is 0 Å². The van der Waals surface area contributed by atoms with Crippen LogP contribution in [-0.4, -0.2) is 18.6 Å². The first-order valence-electron chi connectivity index (χ1n) is 12.5. The van der Waals surface area contributed by atoms with E-state index in [0.29, 0.717) is 28.2 Å². The Balaban J connectivity index is 1.30. The van der Waals surface area contributed by atoms with Gasteiger partial charge in [0.1, 0.15) is 11.4 Å². The molecule has 1 spiro atoms. The Morgan fingerprint density at radius 1 is 1.03 bits per heavy atom. The third-order valence-electron chi connectivity index (χ3n) is 7.46. The highest BCUT2D eigenvalue weighted by Crippen LogP contribution is 2.46. The van der Waals surface area contributed by atoms with Gasteiger partial charge in [-0.1, -0.05) is 59.7 Å². The van der Waals surface area contributed by atoms with Crippen LogP contribution in [0.25, 0.3) is 10.2 Å². The van der Waals surface area contributed by atoms with E-state index in [1.165, 1.54) is 6.42 Å². The van der Waals surface area contributed by atoms with Gasteiger partial charge in [0.15, 0.2) is 0 Å². The summed E-state index contributed by atoms with van der Waals surface area (Å²) in [5.41, 5.74) is 2.19. The van der Waals surface area contributed by atoms with Crippen LogP contribution in [0.1, 0.15) is 55.7 Å². The number of nitrogens with zero attached hydrogens (tertiary/aromatic N) is 1. The lowest BCUT2D eigenvalue weighted by Crippen LogP contribution is -2.46. The Bertz CT molecular complexity index is 1620. The van der Waals surface area contributed by atoms with Crippen LogP contribution in [0.2, 0.25) is 5.02 Å². The molecule has 1 saturated carbocycles. The molecule has 1 aliphatic carbocycles. The fourth-order valence-corrected chi connectivity index (χ4v) is 7.99. The number of para-hydroxylation sites is 1. The number of nitrogens with one attached hydrogen (secondary N) is 1. The minimum Gasteiger partial charge on any atom is -0.487 e. The maximum absolute atomic E-state index is 13.6. The van der Waals surface area contributed by atoms with Crippen LogP contribution >= 0.6 is 22.9 Å². The molecule has 2 heterocycles. The second kappa shape index (κ2) is 9.58. The number of sulfonamides is 1. The fourth-order valence-electron chi connectivity index (χ4n) is 5.62. The van der Waals surface area contributed by atoms with Gasteiger partial charge in [0, 0.05) is 17.0 Å². The molecule has 37 heavy (non-hydrogen) atoms. The summed E-state index contributed by atoms with van der Waals surface area (Å²) in [7, 11) is -3.84. The zero-order valence-corrected chi connectivity index (χ0v) is 22.5. The number of fused-ring (bicyclic) bond motifs is 2. The van der Waals surface area contributed by atoms with Crippen molar-refractivity contribution in [3.63, 3.8) is 0 Å². The molecule has 0 saturated heterocycles. The van der Waals surface area contributed by atoms with Crippen molar-refractivity contribution in [1.82, 2.24) is 9.29 Å². The first kappa shape index (κ1) is 24.7. The monoisotopic (exact) mass is 554 g/mol. The third-order valence-corrected chi connectivity index (χ3v) is 10.1. The maximum atomic E-state index is 13.6. The molecule has 1 N–H and O–H groups in total. The number of hydrogen-bond acceptors (Lipinski definition) is 5. The predicted molar refractivity (Wildman–Crippen MR) is 147 cm³/mol. The Labute approximate surface area is 224 Å². The van der Waals surface area contributed by atoms with Gasteiger partial charge in [0.05, 0.1) is 27.7 Å². The van der Waals surface area contributed by atoms with Crippen molar-refractivity contribution in [3.8, 4) is 5.75 Å². The van der Waals surface area contributed by atoms with Crippen LogP contribution in [0, 0.1) is 0 Å². The van der Waals surface area contributed by atoms with E-state index >= 15 is 0 Å². The number of thiazole rings is 1.